The molecular formula is C18H23NO. The van der Waals surface area contributed by atoms with Crippen LogP contribution in [0.3, 0.4) is 0 Å². The molecule has 0 bridgehead atoms. The predicted molar refractivity (Wildman–Crippen MR) is 84.9 cm³/mol. The van der Waals surface area contributed by atoms with Crippen LogP contribution < -0.4 is 10.5 Å². The normalized spacial score (nSPS) is 12.4. The van der Waals surface area contributed by atoms with Crippen LogP contribution in [0, 0.1) is 0 Å². The monoisotopic (exact) mass is 269 g/mol. The van der Waals surface area contributed by atoms with Gasteiger partial charge in [-0.1, -0.05) is 43.3 Å². The van der Waals surface area contributed by atoms with E-state index in [9.17, 15) is 0 Å². The molecule has 1 atom stereocenters. The molecule has 0 radical (unpaired) electrons. The van der Waals surface area contributed by atoms with Gasteiger partial charge in [-0.15, -0.1) is 0 Å². The third-order valence-electron chi connectivity index (χ3n) is 3.32. The number of rotatable bonds is 5. The predicted octanol–water partition coefficient (Wildman–Crippen LogP) is 4.55. The highest BCUT2D eigenvalue weighted by molar-refractivity contribution is 5.71. The summed E-state index contributed by atoms with van der Waals surface area (Å²) < 4.78 is 5.90. The van der Waals surface area contributed by atoms with Crippen molar-refractivity contribution in [1.82, 2.24) is 0 Å². The summed E-state index contributed by atoms with van der Waals surface area (Å²) in [5.41, 5.74) is 9.57. The Kier molecular flexibility index (Phi) is 4.80. The third-order valence-corrected chi connectivity index (χ3v) is 3.32. The lowest BCUT2D eigenvalue weighted by Gasteiger charge is -2.16. The highest BCUT2D eigenvalue weighted by atomic mass is 16.5. The van der Waals surface area contributed by atoms with Crippen LogP contribution in [0.1, 0.15) is 38.8 Å². The first-order valence-corrected chi connectivity index (χ1v) is 7.23. The second-order valence-electron chi connectivity index (χ2n) is 5.30. The molecule has 0 fully saturated rings. The molecule has 0 saturated carbocycles. The highest BCUT2D eigenvalue weighted by Gasteiger charge is 2.09. The minimum Gasteiger partial charge on any atom is -0.490 e. The molecule has 0 saturated heterocycles. The molecule has 2 N–H and O–H groups in total. The average Bonchev–Trinajstić information content (AvgIpc) is 2.46. The molecule has 2 aromatic carbocycles. The smallest absolute Gasteiger partial charge is 0.127 e. The summed E-state index contributed by atoms with van der Waals surface area (Å²) in [5, 5.41) is 0. The van der Waals surface area contributed by atoms with Gasteiger partial charge >= 0.3 is 0 Å². The van der Waals surface area contributed by atoms with Crippen LogP contribution in [0.25, 0.3) is 11.1 Å². The maximum Gasteiger partial charge on any atom is 0.127 e. The molecule has 2 rings (SSSR count). The highest BCUT2D eigenvalue weighted by Crippen LogP contribution is 2.32. The van der Waals surface area contributed by atoms with Gasteiger partial charge in [0, 0.05) is 11.6 Å². The van der Waals surface area contributed by atoms with Gasteiger partial charge < -0.3 is 10.5 Å². The molecule has 2 aromatic rings. The van der Waals surface area contributed by atoms with Crippen molar-refractivity contribution in [1.29, 1.82) is 0 Å². The maximum absolute atomic E-state index is 6.13. The fourth-order valence-corrected chi connectivity index (χ4v) is 2.23. The minimum absolute atomic E-state index is 0.0909. The molecule has 0 spiro atoms. The van der Waals surface area contributed by atoms with Crippen molar-refractivity contribution < 1.29 is 4.74 Å². The first-order chi connectivity index (χ1) is 9.61. The van der Waals surface area contributed by atoms with Gasteiger partial charge in [0.2, 0.25) is 0 Å². The number of para-hydroxylation sites is 1. The number of hydrogen-bond donors (Lipinski definition) is 1. The lowest BCUT2D eigenvalue weighted by Crippen LogP contribution is -2.09. The zero-order chi connectivity index (χ0) is 14.5. The van der Waals surface area contributed by atoms with Crippen molar-refractivity contribution in [2.45, 2.75) is 39.3 Å². The zero-order valence-electron chi connectivity index (χ0n) is 12.5. The zero-order valence-corrected chi connectivity index (χ0v) is 12.5. The fraction of sp³-hybridized carbons (Fsp3) is 0.333. The van der Waals surface area contributed by atoms with Crippen molar-refractivity contribution in [2.24, 2.45) is 5.73 Å². The lowest BCUT2D eigenvalue weighted by molar-refractivity contribution is 0.243. The summed E-state index contributed by atoms with van der Waals surface area (Å²) in [6.07, 6.45) is 1.10. The van der Waals surface area contributed by atoms with Gasteiger partial charge in [0.25, 0.3) is 0 Å². The molecule has 20 heavy (non-hydrogen) atoms. The van der Waals surface area contributed by atoms with E-state index < -0.39 is 0 Å². The van der Waals surface area contributed by atoms with Gasteiger partial charge in [0.05, 0.1) is 6.10 Å². The Labute approximate surface area is 121 Å². The van der Waals surface area contributed by atoms with E-state index in [-0.39, 0.29) is 12.1 Å². The van der Waals surface area contributed by atoms with E-state index in [0.29, 0.717) is 0 Å². The van der Waals surface area contributed by atoms with E-state index in [1.807, 2.05) is 32.0 Å². The number of nitrogens with two attached hydrogens (primary N) is 1. The molecule has 0 aliphatic heterocycles. The Balaban J connectivity index is 2.41. The molecular weight excluding hydrogens is 246 g/mol. The van der Waals surface area contributed by atoms with Crippen molar-refractivity contribution in [3.8, 4) is 16.9 Å². The Bertz CT molecular complexity index is 563. The first-order valence-electron chi connectivity index (χ1n) is 7.23. The van der Waals surface area contributed by atoms with Crippen molar-refractivity contribution in [3.05, 3.63) is 54.1 Å². The molecule has 0 aliphatic rings. The van der Waals surface area contributed by atoms with Gasteiger partial charge in [-0.2, -0.15) is 0 Å². The summed E-state index contributed by atoms with van der Waals surface area (Å²) >= 11 is 0. The molecule has 1 unspecified atom stereocenters. The Morgan fingerprint density at radius 3 is 2.50 bits per heavy atom. The second kappa shape index (κ2) is 6.58. The number of benzene rings is 2. The Morgan fingerprint density at radius 2 is 1.80 bits per heavy atom. The van der Waals surface area contributed by atoms with Crippen molar-refractivity contribution >= 4 is 0 Å². The standard InChI is InChI=1S/C18H23NO/c1-4-17(19)15-9-7-8-14(12-15)16-10-5-6-11-18(16)20-13(2)3/h5-13,17H,4,19H2,1-3H3. The van der Waals surface area contributed by atoms with E-state index in [4.69, 9.17) is 10.5 Å². The molecule has 0 heterocycles. The summed E-state index contributed by atoms with van der Waals surface area (Å²) in [5.74, 6) is 0.921. The van der Waals surface area contributed by atoms with Crippen LogP contribution in [-0.2, 0) is 0 Å². The Morgan fingerprint density at radius 1 is 1.05 bits per heavy atom. The van der Waals surface area contributed by atoms with Crippen LogP contribution in [0.5, 0.6) is 5.75 Å². The summed E-state index contributed by atoms with van der Waals surface area (Å²) in [7, 11) is 0. The van der Waals surface area contributed by atoms with E-state index in [1.54, 1.807) is 0 Å². The van der Waals surface area contributed by atoms with Crippen LogP contribution in [-0.4, -0.2) is 6.10 Å². The third kappa shape index (κ3) is 3.40. The van der Waals surface area contributed by atoms with E-state index in [1.165, 1.54) is 5.56 Å². The quantitative estimate of drug-likeness (QED) is 0.864. The number of hydrogen-bond acceptors (Lipinski definition) is 2. The average molecular weight is 269 g/mol. The van der Waals surface area contributed by atoms with Crippen molar-refractivity contribution in [3.63, 3.8) is 0 Å². The molecule has 0 amide bonds. The molecule has 0 aliphatic carbocycles. The summed E-state index contributed by atoms with van der Waals surface area (Å²) in [6.45, 7) is 6.19. The van der Waals surface area contributed by atoms with Gasteiger partial charge in [0.1, 0.15) is 5.75 Å². The van der Waals surface area contributed by atoms with Crippen molar-refractivity contribution in [2.75, 3.05) is 0 Å². The minimum atomic E-state index is 0.0909. The van der Waals surface area contributed by atoms with Crippen LogP contribution in [0.2, 0.25) is 0 Å². The van der Waals surface area contributed by atoms with Gasteiger partial charge in [0.15, 0.2) is 0 Å². The summed E-state index contributed by atoms with van der Waals surface area (Å²) in [4.78, 5) is 0. The van der Waals surface area contributed by atoms with E-state index in [2.05, 4.69) is 37.3 Å². The molecule has 2 heteroatoms. The Hall–Kier alpha value is -1.80. The van der Waals surface area contributed by atoms with Crippen LogP contribution in [0.15, 0.2) is 48.5 Å². The molecule has 0 aromatic heterocycles. The largest absolute Gasteiger partial charge is 0.490 e. The van der Waals surface area contributed by atoms with Gasteiger partial charge in [-0.3, -0.25) is 0 Å². The summed E-state index contributed by atoms with van der Waals surface area (Å²) in [6, 6.07) is 16.7. The van der Waals surface area contributed by atoms with E-state index in [0.717, 1.165) is 23.3 Å². The number of ether oxygens (including phenoxy) is 1. The topological polar surface area (TPSA) is 35.2 Å². The second-order valence-corrected chi connectivity index (χ2v) is 5.30. The first kappa shape index (κ1) is 14.6. The molecule has 106 valence electrons. The fourth-order valence-electron chi connectivity index (χ4n) is 2.23. The van der Waals surface area contributed by atoms with Crippen LogP contribution in [0.4, 0.5) is 0 Å². The van der Waals surface area contributed by atoms with Crippen LogP contribution >= 0.6 is 0 Å². The SMILES string of the molecule is CCC(N)c1cccc(-c2ccccc2OC(C)C)c1. The lowest BCUT2D eigenvalue weighted by atomic mass is 9.98. The maximum atomic E-state index is 6.13. The molecule has 2 nitrogen and oxygen atoms in total. The van der Waals surface area contributed by atoms with Gasteiger partial charge in [-0.25, -0.2) is 0 Å². The van der Waals surface area contributed by atoms with E-state index >= 15 is 0 Å². The van der Waals surface area contributed by atoms with Gasteiger partial charge in [-0.05, 0) is 43.5 Å².